The predicted molar refractivity (Wildman–Crippen MR) is 93.6 cm³/mol. The minimum absolute atomic E-state index is 0.0241. The number of halogens is 1. The Morgan fingerprint density at radius 2 is 1.77 bits per heavy atom. The molecule has 3 aromatic rings. The fourth-order valence-corrected chi connectivity index (χ4v) is 2.25. The van der Waals surface area contributed by atoms with E-state index in [1.165, 1.54) is 26.4 Å². The topological polar surface area (TPSA) is 101 Å². The molecule has 1 aromatic heterocycles. The molecule has 0 fully saturated rings. The fraction of sp³-hybridized carbons (Fsp3) is 0.118. The number of ether oxygens (including phenoxy) is 2. The zero-order valence-electron chi connectivity index (χ0n) is 14.0. The van der Waals surface area contributed by atoms with E-state index in [1.54, 1.807) is 30.3 Å². The number of carbonyl (C=O) groups is 1. The Hall–Kier alpha value is -3.62. The van der Waals surface area contributed by atoms with Gasteiger partial charge in [-0.25, -0.2) is 4.39 Å². The zero-order chi connectivity index (χ0) is 18.5. The lowest BCUT2D eigenvalue weighted by Gasteiger charge is -2.10. The molecule has 0 atom stereocenters. The van der Waals surface area contributed by atoms with Crippen molar-refractivity contribution in [1.29, 1.82) is 0 Å². The second-order valence-electron chi connectivity index (χ2n) is 5.21. The molecule has 0 aliphatic heterocycles. The number of aromatic amines is 1. The van der Waals surface area contributed by atoms with Crippen molar-refractivity contribution >= 4 is 23.1 Å². The smallest absolute Gasteiger partial charge is 0.280 e. The van der Waals surface area contributed by atoms with Crippen LogP contribution in [0.4, 0.5) is 21.6 Å². The molecule has 26 heavy (non-hydrogen) atoms. The van der Waals surface area contributed by atoms with Crippen LogP contribution in [0.2, 0.25) is 0 Å². The minimum Gasteiger partial charge on any atom is -0.497 e. The second kappa shape index (κ2) is 7.51. The Bertz CT molecular complexity index is 906. The summed E-state index contributed by atoms with van der Waals surface area (Å²) in [6.07, 6.45) is 0. The number of nitrogens with zero attached hydrogens (tertiary/aromatic N) is 2. The SMILES string of the molecule is COc1cc(NC(=O)c2n[nH]nc2Nc2cccc(F)c2)cc(OC)c1. The van der Waals surface area contributed by atoms with Crippen molar-refractivity contribution in [1.82, 2.24) is 15.4 Å². The monoisotopic (exact) mass is 357 g/mol. The van der Waals surface area contributed by atoms with Gasteiger partial charge in [0.1, 0.15) is 17.3 Å². The van der Waals surface area contributed by atoms with E-state index < -0.39 is 11.7 Å². The van der Waals surface area contributed by atoms with Crippen LogP contribution in [0.1, 0.15) is 10.5 Å². The van der Waals surface area contributed by atoms with E-state index in [0.29, 0.717) is 22.9 Å². The highest BCUT2D eigenvalue weighted by atomic mass is 19.1. The number of anilines is 3. The third kappa shape index (κ3) is 3.89. The molecule has 0 saturated heterocycles. The Balaban J connectivity index is 1.80. The standard InChI is InChI=1S/C17H16FN5O3/c1-25-13-7-12(8-14(9-13)26-2)20-17(24)15-16(22-23-21-15)19-11-5-3-4-10(18)6-11/h3-9H,1-2H3,(H,20,24)(H2,19,21,22,23). The first-order chi connectivity index (χ1) is 12.6. The maximum atomic E-state index is 13.3. The van der Waals surface area contributed by atoms with Gasteiger partial charge in [0.25, 0.3) is 5.91 Å². The molecule has 0 spiro atoms. The number of benzene rings is 2. The van der Waals surface area contributed by atoms with Crippen LogP contribution in [0.25, 0.3) is 0 Å². The minimum atomic E-state index is -0.507. The van der Waals surface area contributed by atoms with Gasteiger partial charge in [0, 0.05) is 29.6 Å². The zero-order valence-corrected chi connectivity index (χ0v) is 14.0. The lowest BCUT2D eigenvalue weighted by molar-refractivity contribution is 0.102. The van der Waals surface area contributed by atoms with Gasteiger partial charge in [-0.05, 0) is 18.2 Å². The van der Waals surface area contributed by atoms with Crippen LogP contribution in [0, 0.1) is 5.82 Å². The summed E-state index contributed by atoms with van der Waals surface area (Å²) in [6, 6.07) is 10.7. The van der Waals surface area contributed by atoms with E-state index in [-0.39, 0.29) is 11.5 Å². The van der Waals surface area contributed by atoms with Gasteiger partial charge < -0.3 is 20.1 Å². The molecule has 0 radical (unpaired) electrons. The average molecular weight is 357 g/mol. The van der Waals surface area contributed by atoms with Gasteiger partial charge in [-0.2, -0.15) is 5.21 Å². The van der Waals surface area contributed by atoms with E-state index >= 15 is 0 Å². The molecule has 1 heterocycles. The number of carbonyl (C=O) groups excluding carboxylic acids is 1. The summed E-state index contributed by atoms with van der Waals surface area (Å²) in [5.74, 6) is 0.305. The van der Waals surface area contributed by atoms with Crippen molar-refractivity contribution in [3.8, 4) is 11.5 Å². The van der Waals surface area contributed by atoms with Crippen LogP contribution >= 0.6 is 0 Å². The Labute approximate surface area is 148 Å². The van der Waals surface area contributed by atoms with Crippen LogP contribution < -0.4 is 20.1 Å². The molecule has 9 heteroatoms. The molecule has 8 nitrogen and oxygen atoms in total. The maximum Gasteiger partial charge on any atom is 0.280 e. The third-order valence-electron chi connectivity index (χ3n) is 3.46. The molecule has 0 unspecified atom stereocenters. The number of nitrogens with one attached hydrogen (secondary N) is 3. The fourth-order valence-electron chi connectivity index (χ4n) is 2.25. The quantitative estimate of drug-likeness (QED) is 0.627. The third-order valence-corrected chi connectivity index (χ3v) is 3.46. The van der Waals surface area contributed by atoms with Crippen LogP contribution in [0.3, 0.4) is 0 Å². The summed E-state index contributed by atoms with van der Waals surface area (Å²) in [6.45, 7) is 0. The van der Waals surface area contributed by atoms with Gasteiger partial charge >= 0.3 is 0 Å². The first-order valence-corrected chi connectivity index (χ1v) is 7.57. The van der Waals surface area contributed by atoms with Gasteiger partial charge in [-0.3, -0.25) is 4.79 Å². The van der Waals surface area contributed by atoms with Crippen LogP contribution in [-0.4, -0.2) is 35.5 Å². The van der Waals surface area contributed by atoms with Gasteiger partial charge in [0.2, 0.25) is 0 Å². The van der Waals surface area contributed by atoms with E-state index in [1.807, 2.05) is 0 Å². The molecular formula is C17H16FN5O3. The van der Waals surface area contributed by atoms with Crippen molar-refractivity contribution in [2.75, 3.05) is 24.9 Å². The van der Waals surface area contributed by atoms with Gasteiger partial charge in [-0.15, -0.1) is 10.2 Å². The molecular weight excluding hydrogens is 341 g/mol. The Kier molecular flexibility index (Phi) is 4.97. The molecule has 2 aromatic carbocycles. The number of rotatable bonds is 6. The molecule has 0 aliphatic rings. The molecule has 0 saturated carbocycles. The predicted octanol–water partition coefficient (Wildman–Crippen LogP) is 2.96. The van der Waals surface area contributed by atoms with Crippen molar-refractivity contribution < 1.29 is 18.7 Å². The van der Waals surface area contributed by atoms with Gasteiger partial charge in [0.15, 0.2) is 11.5 Å². The Morgan fingerprint density at radius 1 is 1.04 bits per heavy atom. The molecule has 3 rings (SSSR count). The van der Waals surface area contributed by atoms with E-state index in [2.05, 4.69) is 26.0 Å². The highest BCUT2D eigenvalue weighted by Crippen LogP contribution is 2.26. The summed E-state index contributed by atoms with van der Waals surface area (Å²) in [5, 5.41) is 15.7. The van der Waals surface area contributed by atoms with E-state index in [0.717, 1.165) is 0 Å². The molecule has 0 aliphatic carbocycles. The largest absolute Gasteiger partial charge is 0.497 e. The Morgan fingerprint density at radius 3 is 2.42 bits per heavy atom. The van der Waals surface area contributed by atoms with Crippen LogP contribution in [-0.2, 0) is 0 Å². The second-order valence-corrected chi connectivity index (χ2v) is 5.21. The summed E-state index contributed by atoms with van der Waals surface area (Å²) in [7, 11) is 3.03. The number of aromatic nitrogens is 3. The van der Waals surface area contributed by atoms with Crippen molar-refractivity contribution in [3.05, 3.63) is 54.0 Å². The van der Waals surface area contributed by atoms with Crippen molar-refractivity contribution in [2.45, 2.75) is 0 Å². The number of hydrogen-bond donors (Lipinski definition) is 3. The summed E-state index contributed by atoms with van der Waals surface area (Å²) < 4.78 is 23.6. The highest BCUT2D eigenvalue weighted by molar-refractivity contribution is 6.06. The lowest BCUT2D eigenvalue weighted by Crippen LogP contribution is -2.14. The first kappa shape index (κ1) is 17.2. The summed E-state index contributed by atoms with van der Waals surface area (Å²) in [5.41, 5.74) is 0.929. The van der Waals surface area contributed by atoms with Crippen molar-refractivity contribution in [2.24, 2.45) is 0 Å². The van der Waals surface area contributed by atoms with Gasteiger partial charge in [-0.1, -0.05) is 6.07 Å². The normalized spacial score (nSPS) is 10.3. The average Bonchev–Trinajstić information content (AvgIpc) is 3.09. The molecule has 134 valence electrons. The van der Waals surface area contributed by atoms with E-state index in [9.17, 15) is 9.18 Å². The first-order valence-electron chi connectivity index (χ1n) is 7.57. The number of H-pyrrole nitrogens is 1. The summed E-state index contributed by atoms with van der Waals surface area (Å²) in [4.78, 5) is 12.5. The van der Waals surface area contributed by atoms with Gasteiger partial charge in [0.05, 0.1) is 14.2 Å². The van der Waals surface area contributed by atoms with Crippen LogP contribution in [0.15, 0.2) is 42.5 Å². The maximum absolute atomic E-state index is 13.3. The summed E-state index contributed by atoms with van der Waals surface area (Å²) >= 11 is 0. The molecule has 1 amide bonds. The van der Waals surface area contributed by atoms with Crippen LogP contribution in [0.5, 0.6) is 11.5 Å². The number of hydrogen-bond acceptors (Lipinski definition) is 6. The lowest BCUT2D eigenvalue weighted by atomic mass is 10.2. The molecule has 3 N–H and O–H groups in total. The number of amides is 1. The number of methoxy groups -OCH3 is 2. The van der Waals surface area contributed by atoms with E-state index in [4.69, 9.17) is 9.47 Å². The molecule has 0 bridgehead atoms. The van der Waals surface area contributed by atoms with Crippen molar-refractivity contribution in [3.63, 3.8) is 0 Å². The highest BCUT2D eigenvalue weighted by Gasteiger charge is 2.18.